The Morgan fingerprint density at radius 1 is 1.03 bits per heavy atom. The highest BCUT2D eigenvalue weighted by Gasteiger charge is 2.17. The summed E-state index contributed by atoms with van der Waals surface area (Å²) in [5.74, 6) is 0.265. The fraction of sp³-hybridized carbons (Fsp3) is 0.310. The molecule has 2 aromatic carbocycles. The number of rotatable bonds is 11. The molecule has 0 saturated heterocycles. The fourth-order valence-corrected chi connectivity index (χ4v) is 4.26. The van der Waals surface area contributed by atoms with Gasteiger partial charge in [0.2, 0.25) is 0 Å². The summed E-state index contributed by atoms with van der Waals surface area (Å²) in [5.41, 5.74) is 4.40. The summed E-state index contributed by atoms with van der Waals surface area (Å²) in [6.45, 7) is 6.57. The third kappa shape index (κ3) is 5.97. The number of hydrogen-bond acceptors (Lipinski definition) is 6. The lowest BCUT2D eigenvalue weighted by molar-refractivity contribution is -0.143. The topological polar surface area (TPSA) is 106 Å². The third-order valence-electron chi connectivity index (χ3n) is 6.19. The van der Waals surface area contributed by atoms with Crippen LogP contribution >= 0.6 is 0 Å². The Morgan fingerprint density at radius 3 is 2.49 bits per heavy atom. The number of aromatic carboxylic acids is 1. The Hall–Kier alpha value is -4.20. The highest BCUT2D eigenvalue weighted by molar-refractivity contribution is 5.96. The van der Waals surface area contributed by atoms with Gasteiger partial charge in [-0.2, -0.15) is 0 Å². The molecule has 8 nitrogen and oxygen atoms in total. The van der Waals surface area contributed by atoms with Crippen LogP contribution in [0.25, 0.3) is 22.3 Å². The van der Waals surface area contributed by atoms with Gasteiger partial charge in [-0.15, -0.1) is 0 Å². The molecule has 192 valence electrons. The third-order valence-corrected chi connectivity index (χ3v) is 6.19. The van der Waals surface area contributed by atoms with E-state index >= 15 is 0 Å². The quantitative estimate of drug-likeness (QED) is 0.260. The van der Waals surface area contributed by atoms with Crippen LogP contribution in [0, 0.1) is 0 Å². The summed E-state index contributed by atoms with van der Waals surface area (Å²) in [5, 5.41) is 12.7. The largest absolute Gasteiger partial charge is 0.478 e. The number of carboxylic acids is 1. The van der Waals surface area contributed by atoms with Gasteiger partial charge in [0.15, 0.2) is 5.65 Å². The highest BCUT2D eigenvalue weighted by atomic mass is 16.5. The van der Waals surface area contributed by atoms with Crippen molar-refractivity contribution >= 4 is 28.9 Å². The molecule has 0 aliphatic heterocycles. The van der Waals surface area contributed by atoms with Crippen molar-refractivity contribution in [2.24, 2.45) is 0 Å². The van der Waals surface area contributed by atoms with Gasteiger partial charge in [-0.1, -0.05) is 55.8 Å². The smallest absolute Gasteiger partial charge is 0.336 e. The molecule has 0 aliphatic rings. The number of nitrogens with zero attached hydrogens (tertiary/aromatic N) is 3. The average Bonchev–Trinajstić information content (AvgIpc) is 3.24. The number of nitrogens with one attached hydrogen (secondary N) is 1. The molecular formula is C29H32N4O4. The summed E-state index contributed by atoms with van der Waals surface area (Å²) in [6.07, 6.45) is 2.90. The number of carbonyl (C=O) groups is 2. The average molecular weight is 501 g/mol. The summed E-state index contributed by atoms with van der Waals surface area (Å²) in [7, 11) is 0. The molecule has 2 aromatic heterocycles. The first-order valence-corrected chi connectivity index (χ1v) is 12.6. The van der Waals surface area contributed by atoms with Crippen molar-refractivity contribution in [3.8, 4) is 11.1 Å². The minimum Gasteiger partial charge on any atom is -0.478 e. The van der Waals surface area contributed by atoms with Gasteiger partial charge >= 0.3 is 11.9 Å². The van der Waals surface area contributed by atoms with Gasteiger partial charge in [0.05, 0.1) is 18.7 Å². The number of fused-ring (bicyclic) bond motifs is 1. The molecule has 0 radical (unpaired) electrons. The van der Waals surface area contributed by atoms with Gasteiger partial charge in [0.1, 0.15) is 23.2 Å². The highest BCUT2D eigenvalue weighted by Crippen LogP contribution is 2.26. The number of pyridine rings is 1. The van der Waals surface area contributed by atoms with E-state index in [1.807, 2.05) is 48.5 Å². The van der Waals surface area contributed by atoms with Crippen LogP contribution in [-0.4, -0.2) is 44.2 Å². The lowest BCUT2D eigenvalue weighted by Gasteiger charge is -2.14. The van der Waals surface area contributed by atoms with Crippen molar-refractivity contribution in [2.45, 2.75) is 52.6 Å². The predicted octanol–water partition coefficient (Wildman–Crippen LogP) is 5.55. The maximum atomic E-state index is 12.1. The van der Waals surface area contributed by atoms with Crippen molar-refractivity contribution < 1.29 is 19.4 Å². The number of imidazole rings is 1. The maximum Gasteiger partial charge on any atom is 0.336 e. The van der Waals surface area contributed by atoms with E-state index in [0.717, 1.165) is 47.4 Å². The first-order valence-electron chi connectivity index (χ1n) is 12.6. The number of carbonyl (C=O) groups excluding carboxylic acids is 1. The SMILES string of the molecule is CCCCc1nc2ccc(NC(C)C(=O)OCC)nc2n1Cc1ccc(-c2ccccc2C(=O)O)cc1. The Balaban J connectivity index is 1.65. The zero-order valence-electron chi connectivity index (χ0n) is 21.4. The summed E-state index contributed by atoms with van der Waals surface area (Å²) in [4.78, 5) is 33.3. The first-order chi connectivity index (χ1) is 17.9. The molecule has 0 spiro atoms. The van der Waals surface area contributed by atoms with Crippen molar-refractivity contribution in [1.82, 2.24) is 14.5 Å². The molecule has 4 aromatic rings. The van der Waals surface area contributed by atoms with E-state index in [0.29, 0.717) is 24.5 Å². The minimum absolute atomic E-state index is 0.277. The van der Waals surface area contributed by atoms with Crippen LogP contribution in [0.1, 0.15) is 55.4 Å². The molecule has 0 aliphatic carbocycles. The number of ether oxygens (including phenoxy) is 1. The molecular weight excluding hydrogens is 468 g/mol. The van der Waals surface area contributed by atoms with E-state index < -0.39 is 12.0 Å². The van der Waals surface area contributed by atoms with Crippen LogP contribution < -0.4 is 5.32 Å². The van der Waals surface area contributed by atoms with Gasteiger partial charge in [0, 0.05) is 6.42 Å². The zero-order chi connectivity index (χ0) is 26.4. The van der Waals surface area contributed by atoms with Gasteiger partial charge in [0.25, 0.3) is 0 Å². The van der Waals surface area contributed by atoms with Gasteiger partial charge in [-0.05, 0) is 55.2 Å². The summed E-state index contributed by atoms with van der Waals surface area (Å²) >= 11 is 0. The lowest BCUT2D eigenvalue weighted by atomic mass is 9.99. The molecule has 0 bridgehead atoms. The normalized spacial score (nSPS) is 11.9. The molecule has 0 amide bonds. The lowest BCUT2D eigenvalue weighted by Crippen LogP contribution is -2.28. The molecule has 4 rings (SSSR count). The Labute approximate surface area is 216 Å². The van der Waals surface area contributed by atoms with Crippen molar-refractivity contribution in [1.29, 1.82) is 0 Å². The molecule has 0 saturated carbocycles. The van der Waals surface area contributed by atoms with E-state index in [4.69, 9.17) is 14.7 Å². The van der Waals surface area contributed by atoms with Crippen LogP contribution in [0.3, 0.4) is 0 Å². The predicted molar refractivity (Wildman–Crippen MR) is 144 cm³/mol. The van der Waals surface area contributed by atoms with Crippen LogP contribution in [0.2, 0.25) is 0 Å². The van der Waals surface area contributed by atoms with Crippen LogP contribution in [0.15, 0.2) is 60.7 Å². The van der Waals surface area contributed by atoms with Crippen LogP contribution in [0.4, 0.5) is 5.82 Å². The number of unbranched alkanes of at least 4 members (excludes halogenated alkanes) is 1. The minimum atomic E-state index is -0.946. The molecule has 1 atom stereocenters. The van der Waals surface area contributed by atoms with Gasteiger partial charge in [-0.25, -0.2) is 19.6 Å². The number of esters is 1. The Kier molecular flexibility index (Phi) is 8.18. The van der Waals surface area contributed by atoms with E-state index in [2.05, 4.69) is 16.8 Å². The van der Waals surface area contributed by atoms with Crippen LogP contribution in [0.5, 0.6) is 0 Å². The second kappa shape index (κ2) is 11.7. The number of aromatic nitrogens is 3. The van der Waals surface area contributed by atoms with Crippen LogP contribution in [-0.2, 0) is 22.5 Å². The van der Waals surface area contributed by atoms with E-state index in [9.17, 15) is 14.7 Å². The summed E-state index contributed by atoms with van der Waals surface area (Å²) in [6, 6.07) is 18.1. The number of carboxylic acid groups (broad SMARTS) is 1. The van der Waals surface area contributed by atoms with Gasteiger partial charge < -0.3 is 19.7 Å². The molecule has 1 unspecified atom stereocenters. The second-order valence-electron chi connectivity index (χ2n) is 8.92. The number of aryl methyl sites for hydroxylation is 1. The van der Waals surface area contributed by atoms with E-state index in [1.54, 1.807) is 26.0 Å². The summed E-state index contributed by atoms with van der Waals surface area (Å²) < 4.78 is 7.21. The Bertz CT molecular complexity index is 1400. The standard InChI is InChI=1S/C29H32N4O4/c1-4-6-11-26-31-24-16-17-25(30-19(3)29(36)37-5-2)32-27(24)33(26)18-20-12-14-21(15-13-20)22-9-7-8-10-23(22)28(34)35/h7-10,12-17,19H,4-6,11,18H2,1-3H3,(H,30,32)(H,34,35). The number of anilines is 1. The monoisotopic (exact) mass is 500 g/mol. The Morgan fingerprint density at radius 2 is 1.78 bits per heavy atom. The number of benzene rings is 2. The van der Waals surface area contributed by atoms with Crippen molar-refractivity contribution in [2.75, 3.05) is 11.9 Å². The van der Waals surface area contributed by atoms with Crippen molar-refractivity contribution in [3.05, 3.63) is 77.6 Å². The van der Waals surface area contributed by atoms with E-state index in [1.165, 1.54) is 0 Å². The zero-order valence-corrected chi connectivity index (χ0v) is 21.4. The van der Waals surface area contributed by atoms with Crippen molar-refractivity contribution in [3.63, 3.8) is 0 Å². The molecule has 2 N–H and O–H groups in total. The van der Waals surface area contributed by atoms with E-state index in [-0.39, 0.29) is 11.5 Å². The molecule has 37 heavy (non-hydrogen) atoms. The molecule has 8 heteroatoms. The van der Waals surface area contributed by atoms with Gasteiger partial charge in [-0.3, -0.25) is 0 Å². The second-order valence-corrected chi connectivity index (χ2v) is 8.92. The first kappa shape index (κ1) is 25.9. The number of hydrogen-bond donors (Lipinski definition) is 2. The maximum absolute atomic E-state index is 12.1. The fourth-order valence-electron chi connectivity index (χ4n) is 4.26. The molecule has 0 fully saturated rings. The molecule has 2 heterocycles.